The van der Waals surface area contributed by atoms with Crippen LogP contribution < -0.4 is 4.74 Å². The summed E-state index contributed by atoms with van der Waals surface area (Å²) in [5, 5.41) is 2.83. The molecule has 0 aliphatic carbocycles. The molecule has 4 heteroatoms. The third kappa shape index (κ3) is 3.38. The molecule has 2 aromatic rings. The van der Waals surface area contributed by atoms with Crippen molar-refractivity contribution in [2.75, 3.05) is 6.54 Å². The summed E-state index contributed by atoms with van der Waals surface area (Å²) in [5.74, 6) is 1.29. The van der Waals surface area contributed by atoms with Crippen LogP contribution in [0.3, 0.4) is 0 Å². The number of rotatable bonds is 5. The van der Waals surface area contributed by atoms with Crippen molar-refractivity contribution in [3.8, 4) is 11.6 Å². The van der Waals surface area contributed by atoms with Gasteiger partial charge in [0.25, 0.3) is 0 Å². The highest BCUT2D eigenvalue weighted by Gasteiger charge is 1.98. The smallest absolute Gasteiger partial charge is 0.219 e. The lowest BCUT2D eigenvalue weighted by molar-refractivity contribution is 0.463. The fourth-order valence-electron chi connectivity index (χ4n) is 1.43. The van der Waals surface area contributed by atoms with E-state index in [1.54, 1.807) is 12.3 Å². The summed E-state index contributed by atoms with van der Waals surface area (Å²) >= 11 is 0. The summed E-state index contributed by atoms with van der Waals surface area (Å²) in [6.45, 7) is 0.306. The Morgan fingerprint density at radius 3 is 2.59 bits per heavy atom. The first-order valence-electron chi connectivity index (χ1n) is 5.35. The Morgan fingerprint density at radius 1 is 1.12 bits per heavy atom. The molecule has 0 saturated carbocycles. The first-order valence-corrected chi connectivity index (χ1v) is 5.35. The van der Waals surface area contributed by atoms with E-state index in [-0.39, 0.29) is 0 Å². The molecule has 0 bridgehead atoms. The second-order valence-electron chi connectivity index (χ2n) is 3.52. The molecule has 0 unspecified atom stereocenters. The number of nitroso groups, excluding NO2 is 1. The molecular weight excluding hydrogens is 216 g/mol. The first-order chi connectivity index (χ1) is 8.38. The van der Waals surface area contributed by atoms with Crippen LogP contribution in [0.4, 0.5) is 0 Å². The number of nitrogens with zero attached hydrogens (tertiary/aromatic N) is 2. The second kappa shape index (κ2) is 5.75. The van der Waals surface area contributed by atoms with Crippen LogP contribution in [0.25, 0.3) is 0 Å². The average Bonchev–Trinajstić information content (AvgIpc) is 2.39. The molecule has 0 aliphatic rings. The minimum Gasteiger partial charge on any atom is -0.439 e. The molecule has 0 fully saturated rings. The highest BCUT2D eigenvalue weighted by Crippen LogP contribution is 2.19. The van der Waals surface area contributed by atoms with E-state index in [0.29, 0.717) is 18.8 Å². The Balaban J connectivity index is 2.01. The van der Waals surface area contributed by atoms with Crippen molar-refractivity contribution < 1.29 is 4.74 Å². The molecule has 0 radical (unpaired) electrons. The highest BCUT2D eigenvalue weighted by molar-refractivity contribution is 5.30. The molecule has 0 atom stereocenters. The minimum atomic E-state index is 0.306. The van der Waals surface area contributed by atoms with Crippen LogP contribution in [0.2, 0.25) is 0 Å². The van der Waals surface area contributed by atoms with Crippen molar-refractivity contribution in [1.82, 2.24) is 4.98 Å². The van der Waals surface area contributed by atoms with Gasteiger partial charge in [0.2, 0.25) is 5.88 Å². The van der Waals surface area contributed by atoms with E-state index in [1.807, 2.05) is 36.4 Å². The molecule has 17 heavy (non-hydrogen) atoms. The SMILES string of the molecule is O=NCCc1ccc(Oc2ccccn2)cc1. The Kier molecular flexibility index (Phi) is 3.81. The molecule has 1 aromatic carbocycles. The van der Waals surface area contributed by atoms with E-state index < -0.39 is 0 Å². The molecule has 0 N–H and O–H groups in total. The summed E-state index contributed by atoms with van der Waals surface area (Å²) in [4.78, 5) is 14.1. The predicted molar refractivity (Wildman–Crippen MR) is 65.1 cm³/mol. The summed E-state index contributed by atoms with van der Waals surface area (Å²) in [7, 11) is 0. The monoisotopic (exact) mass is 228 g/mol. The number of benzene rings is 1. The first kappa shape index (κ1) is 11.3. The van der Waals surface area contributed by atoms with E-state index in [0.717, 1.165) is 11.3 Å². The van der Waals surface area contributed by atoms with E-state index in [9.17, 15) is 4.91 Å². The van der Waals surface area contributed by atoms with E-state index in [1.165, 1.54) is 0 Å². The van der Waals surface area contributed by atoms with Crippen molar-refractivity contribution in [2.45, 2.75) is 6.42 Å². The number of ether oxygens (including phenoxy) is 1. The fourth-order valence-corrected chi connectivity index (χ4v) is 1.43. The summed E-state index contributed by atoms with van der Waals surface area (Å²) < 4.78 is 5.54. The van der Waals surface area contributed by atoms with Gasteiger partial charge in [0.15, 0.2) is 0 Å². The van der Waals surface area contributed by atoms with Gasteiger partial charge in [-0.2, -0.15) is 4.91 Å². The highest BCUT2D eigenvalue weighted by atomic mass is 16.5. The topological polar surface area (TPSA) is 51.5 Å². The van der Waals surface area contributed by atoms with Crippen molar-refractivity contribution in [3.05, 3.63) is 59.1 Å². The second-order valence-corrected chi connectivity index (χ2v) is 3.52. The van der Waals surface area contributed by atoms with Gasteiger partial charge in [0.05, 0.1) is 6.54 Å². The molecule has 0 aliphatic heterocycles. The molecular formula is C13H12N2O2. The zero-order chi connectivity index (χ0) is 11.9. The van der Waals surface area contributed by atoms with Gasteiger partial charge in [0, 0.05) is 12.3 Å². The van der Waals surface area contributed by atoms with E-state index in [4.69, 9.17) is 4.74 Å². The lowest BCUT2D eigenvalue weighted by Crippen LogP contribution is -1.90. The van der Waals surface area contributed by atoms with Crippen LogP contribution in [-0.4, -0.2) is 11.5 Å². The van der Waals surface area contributed by atoms with Gasteiger partial charge in [-0.15, -0.1) is 0 Å². The summed E-state index contributed by atoms with van der Waals surface area (Å²) in [6, 6.07) is 13.1. The quantitative estimate of drug-likeness (QED) is 0.738. The molecule has 1 aromatic heterocycles. The molecule has 1 heterocycles. The third-order valence-corrected chi connectivity index (χ3v) is 2.28. The lowest BCUT2D eigenvalue weighted by Gasteiger charge is -2.04. The number of hydrogen-bond donors (Lipinski definition) is 0. The van der Waals surface area contributed by atoms with Crippen molar-refractivity contribution >= 4 is 0 Å². The van der Waals surface area contributed by atoms with Gasteiger partial charge in [-0.1, -0.05) is 23.4 Å². The van der Waals surface area contributed by atoms with Crippen molar-refractivity contribution in [1.29, 1.82) is 0 Å². The normalized spacial score (nSPS) is 9.88. The van der Waals surface area contributed by atoms with Crippen LogP contribution in [-0.2, 0) is 6.42 Å². The number of pyridine rings is 1. The molecule has 86 valence electrons. The van der Waals surface area contributed by atoms with Crippen molar-refractivity contribution in [3.63, 3.8) is 0 Å². The van der Waals surface area contributed by atoms with Gasteiger partial charge in [-0.25, -0.2) is 4.98 Å². The van der Waals surface area contributed by atoms with Gasteiger partial charge in [-0.3, -0.25) is 0 Å². The number of hydrogen-bond acceptors (Lipinski definition) is 4. The van der Waals surface area contributed by atoms with Crippen LogP contribution in [0.5, 0.6) is 11.6 Å². The maximum absolute atomic E-state index is 10.0. The maximum Gasteiger partial charge on any atom is 0.219 e. The van der Waals surface area contributed by atoms with Crippen LogP contribution in [0.15, 0.2) is 53.8 Å². The van der Waals surface area contributed by atoms with E-state index >= 15 is 0 Å². The largest absolute Gasteiger partial charge is 0.439 e. The lowest BCUT2D eigenvalue weighted by atomic mass is 10.1. The molecule has 0 spiro atoms. The molecule has 2 rings (SSSR count). The Morgan fingerprint density at radius 2 is 1.94 bits per heavy atom. The van der Waals surface area contributed by atoms with Crippen molar-refractivity contribution in [2.24, 2.45) is 5.18 Å². The van der Waals surface area contributed by atoms with Gasteiger partial charge in [-0.05, 0) is 30.2 Å². The van der Waals surface area contributed by atoms with Gasteiger partial charge < -0.3 is 4.74 Å². The number of aromatic nitrogens is 1. The van der Waals surface area contributed by atoms with E-state index in [2.05, 4.69) is 10.2 Å². The Labute approximate surface area is 99.2 Å². The van der Waals surface area contributed by atoms with Crippen LogP contribution in [0.1, 0.15) is 5.56 Å². The molecule has 4 nitrogen and oxygen atoms in total. The Bertz CT molecular complexity index is 469. The average molecular weight is 228 g/mol. The van der Waals surface area contributed by atoms with Gasteiger partial charge in [0.1, 0.15) is 5.75 Å². The fraction of sp³-hybridized carbons (Fsp3) is 0.154. The Hall–Kier alpha value is -2.23. The third-order valence-electron chi connectivity index (χ3n) is 2.28. The summed E-state index contributed by atoms with van der Waals surface area (Å²) in [6.07, 6.45) is 2.34. The predicted octanol–water partition coefficient (Wildman–Crippen LogP) is 3.18. The zero-order valence-corrected chi connectivity index (χ0v) is 9.24. The van der Waals surface area contributed by atoms with Crippen LogP contribution in [0, 0.1) is 4.91 Å². The zero-order valence-electron chi connectivity index (χ0n) is 9.24. The molecule has 0 saturated heterocycles. The molecule has 0 amide bonds. The standard InChI is InChI=1S/C13H12N2O2/c16-15-10-8-11-4-6-12(7-5-11)17-13-3-1-2-9-14-13/h1-7,9H,8,10H2. The van der Waals surface area contributed by atoms with Gasteiger partial charge >= 0.3 is 0 Å². The minimum absolute atomic E-state index is 0.306. The maximum atomic E-state index is 10.0. The summed E-state index contributed by atoms with van der Waals surface area (Å²) in [5.41, 5.74) is 1.07. The van der Waals surface area contributed by atoms with Crippen LogP contribution >= 0.6 is 0 Å².